The number of sulfonamides is 1. The minimum atomic E-state index is -3.93. The topological polar surface area (TPSA) is 90.3 Å². The number of nitrogens with zero attached hydrogens (tertiary/aromatic N) is 2. The molecule has 4 rings (SSSR count). The largest absolute Gasteiger partial charge is 0.487 e. The lowest BCUT2D eigenvalue weighted by Gasteiger charge is -2.37. The summed E-state index contributed by atoms with van der Waals surface area (Å²) in [6.45, 7) is 6.44. The second-order valence-electron chi connectivity index (χ2n) is 10.6. The highest BCUT2D eigenvalue weighted by Gasteiger charge is 2.38. The fourth-order valence-corrected chi connectivity index (χ4v) is 6.65. The average Bonchev–Trinajstić information content (AvgIpc) is 2.94. The molecule has 8 heteroatoms. The van der Waals surface area contributed by atoms with Crippen LogP contribution in [0.5, 0.6) is 5.75 Å². The zero-order valence-electron chi connectivity index (χ0n) is 23.5. The highest BCUT2D eigenvalue weighted by Crippen LogP contribution is 2.34. The Labute approximate surface area is 238 Å². The maximum Gasteiger partial charge on any atom is 0.247 e. The van der Waals surface area contributed by atoms with Gasteiger partial charge >= 0.3 is 0 Å². The van der Waals surface area contributed by atoms with Gasteiger partial charge in [0.25, 0.3) is 0 Å². The van der Waals surface area contributed by atoms with Crippen LogP contribution in [0.25, 0.3) is 11.1 Å². The standard InChI is InChI=1S/C32H38N2O5S/c1-23-19-34(24(2)22-35)40(37,38)32-17-14-26(11-10-25(3)36)18-30(32)39-31(23)21-33(4)20-27-12-15-29(16-13-27)28-8-6-5-7-9-28/h5-9,12-18,23-25,31,35-36H,19-22H2,1-4H3/t23-,24-,25+,31-/m1/s1. The molecular weight excluding hydrogens is 524 g/mol. The third-order valence-electron chi connectivity index (χ3n) is 7.10. The molecule has 0 saturated carbocycles. The van der Waals surface area contributed by atoms with E-state index in [1.807, 2.05) is 32.2 Å². The van der Waals surface area contributed by atoms with Crippen LogP contribution < -0.4 is 4.74 Å². The number of hydrogen-bond donors (Lipinski definition) is 2. The van der Waals surface area contributed by atoms with Crippen LogP contribution in [0, 0.1) is 17.8 Å². The third kappa shape index (κ3) is 7.11. The molecule has 2 N–H and O–H groups in total. The molecular formula is C32H38N2O5S. The van der Waals surface area contributed by atoms with Crippen LogP contribution in [0.2, 0.25) is 0 Å². The molecule has 0 bridgehead atoms. The summed E-state index contributed by atoms with van der Waals surface area (Å²) in [4.78, 5) is 2.22. The summed E-state index contributed by atoms with van der Waals surface area (Å²) >= 11 is 0. The van der Waals surface area contributed by atoms with Crippen LogP contribution in [0.4, 0.5) is 0 Å². The molecule has 1 heterocycles. The average molecular weight is 563 g/mol. The van der Waals surface area contributed by atoms with E-state index < -0.39 is 22.2 Å². The van der Waals surface area contributed by atoms with E-state index in [0.717, 1.165) is 11.1 Å². The Balaban J connectivity index is 1.59. The van der Waals surface area contributed by atoms with Crippen molar-refractivity contribution in [2.75, 3.05) is 26.7 Å². The molecule has 212 valence electrons. The van der Waals surface area contributed by atoms with Crippen LogP contribution in [-0.2, 0) is 16.6 Å². The summed E-state index contributed by atoms with van der Waals surface area (Å²) in [5, 5.41) is 19.4. The first-order chi connectivity index (χ1) is 19.1. The Morgan fingerprint density at radius 3 is 2.38 bits per heavy atom. The summed E-state index contributed by atoms with van der Waals surface area (Å²) in [5.41, 5.74) is 4.05. The third-order valence-corrected chi connectivity index (χ3v) is 9.12. The summed E-state index contributed by atoms with van der Waals surface area (Å²) in [6.07, 6.45) is -1.13. The van der Waals surface area contributed by atoms with Gasteiger partial charge in [-0.3, -0.25) is 4.90 Å². The monoisotopic (exact) mass is 562 g/mol. The maximum atomic E-state index is 13.6. The number of ether oxygens (including phenoxy) is 1. The molecule has 1 aliphatic rings. The van der Waals surface area contributed by atoms with E-state index in [-0.39, 0.29) is 35.8 Å². The second-order valence-corrected chi connectivity index (χ2v) is 12.5. The predicted octanol–water partition coefficient (Wildman–Crippen LogP) is 3.99. The fraction of sp³-hybridized carbons (Fsp3) is 0.375. The lowest BCUT2D eigenvalue weighted by Crippen LogP contribution is -2.49. The first-order valence-electron chi connectivity index (χ1n) is 13.5. The van der Waals surface area contributed by atoms with Gasteiger partial charge in [0.2, 0.25) is 10.0 Å². The van der Waals surface area contributed by atoms with Crippen molar-refractivity contribution in [1.82, 2.24) is 9.21 Å². The predicted molar refractivity (Wildman–Crippen MR) is 157 cm³/mol. The summed E-state index contributed by atoms with van der Waals surface area (Å²) in [7, 11) is -1.90. The molecule has 0 aliphatic carbocycles. The zero-order valence-corrected chi connectivity index (χ0v) is 24.3. The van der Waals surface area contributed by atoms with E-state index >= 15 is 0 Å². The van der Waals surface area contributed by atoms with Crippen molar-refractivity contribution < 1.29 is 23.4 Å². The van der Waals surface area contributed by atoms with Crippen LogP contribution in [0.3, 0.4) is 0 Å². The van der Waals surface area contributed by atoms with E-state index in [1.165, 1.54) is 15.9 Å². The Morgan fingerprint density at radius 1 is 1.05 bits per heavy atom. The van der Waals surface area contributed by atoms with Gasteiger partial charge in [-0.1, -0.05) is 73.4 Å². The van der Waals surface area contributed by atoms with Crippen molar-refractivity contribution >= 4 is 10.0 Å². The molecule has 3 aromatic carbocycles. The summed E-state index contributed by atoms with van der Waals surface area (Å²) in [5.74, 6) is 5.64. The van der Waals surface area contributed by atoms with Crippen molar-refractivity contribution in [3.05, 3.63) is 83.9 Å². The lowest BCUT2D eigenvalue weighted by atomic mass is 10.0. The second kappa shape index (κ2) is 13.0. The first kappa shape index (κ1) is 29.8. The van der Waals surface area contributed by atoms with Crippen LogP contribution >= 0.6 is 0 Å². The number of fused-ring (bicyclic) bond motifs is 1. The molecule has 3 aromatic rings. The Bertz CT molecular complexity index is 1450. The molecule has 40 heavy (non-hydrogen) atoms. The van der Waals surface area contributed by atoms with Crippen molar-refractivity contribution in [3.63, 3.8) is 0 Å². The molecule has 0 unspecified atom stereocenters. The molecule has 0 aromatic heterocycles. The van der Waals surface area contributed by atoms with Gasteiger partial charge < -0.3 is 14.9 Å². The minimum absolute atomic E-state index is 0.0476. The minimum Gasteiger partial charge on any atom is -0.487 e. The number of rotatable bonds is 7. The molecule has 4 atom stereocenters. The molecule has 0 fully saturated rings. The number of aliphatic hydroxyl groups is 2. The molecule has 7 nitrogen and oxygen atoms in total. The van der Waals surface area contributed by atoms with E-state index in [9.17, 15) is 18.6 Å². The van der Waals surface area contributed by atoms with Crippen LogP contribution in [0.1, 0.15) is 31.9 Å². The highest BCUT2D eigenvalue weighted by atomic mass is 32.2. The van der Waals surface area contributed by atoms with Gasteiger partial charge in [-0.05, 0) is 55.8 Å². The Kier molecular flexibility index (Phi) is 9.67. The lowest BCUT2D eigenvalue weighted by molar-refractivity contribution is 0.0733. The fourth-order valence-electron chi connectivity index (χ4n) is 4.83. The number of aliphatic hydroxyl groups excluding tert-OH is 2. The van der Waals surface area contributed by atoms with Crippen molar-refractivity contribution in [2.45, 2.75) is 50.5 Å². The zero-order chi connectivity index (χ0) is 28.9. The van der Waals surface area contributed by atoms with Crippen LogP contribution in [0.15, 0.2) is 77.7 Å². The number of benzene rings is 3. The molecule has 0 amide bonds. The van der Waals surface area contributed by atoms with E-state index in [1.54, 1.807) is 26.0 Å². The van der Waals surface area contributed by atoms with Gasteiger partial charge in [0.15, 0.2) is 0 Å². The quantitative estimate of drug-likeness (QED) is 0.424. The van der Waals surface area contributed by atoms with Gasteiger partial charge in [0.05, 0.1) is 6.61 Å². The molecule has 0 radical (unpaired) electrons. The normalized spacial score (nSPS) is 20.3. The number of hydrogen-bond acceptors (Lipinski definition) is 6. The highest BCUT2D eigenvalue weighted by molar-refractivity contribution is 7.89. The Hall–Kier alpha value is -3.19. The number of likely N-dealkylation sites (N-methyl/N-ethyl adjacent to an activating group) is 1. The van der Waals surface area contributed by atoms with Gasteiger partial charge in [-0.15, -0.1) is 0 Å². The van der Waals surface area contributed by atoms with Crippen molar-refractivity contribution in [3.8, 4) is 28.7 Å². The van der Waals surface area contributed by atoms with E-state index in [0.29, 0.717) is 18.7 Å². The van der Waals surface area contributed by atoms with E-state index in [2.05, 4.69) is 53.1 Å². The van der Waals surface area contributed by atoms with E-state index in [4.69, 9.17) is 4.74 Å². The van der Waals surface area contributed by atoms with Crippen molar-refractivity contribution in [2.24, 2.45) is 5.92 Å². The summed E-state index contributed by atoms with van der Waals surface area (Å²) < 4.78 is 35.1. The first-order valence-corrected chi connectivity index (χ1v) is 15.0. The molecule has 1 aliphatic heterocycles. The SMILES string of the molecule is C[C@H](O)C#Cc1ccc2c(c1)O[C@H](CN(C)Cc1ccc(-c3ccccc3)cc1)[C@H](C)CN([C@H](C)CO)S2(=O)=O. The van der Waals surface area contributed by atoms with Gasteiger partial charge in [-0.2, -0.15) is 4.31 Å². The molecule has 0 spiro atoms. The van der Waals surface area contributed by atoms with Crippen molar-refractivity contribution in [1.29, 1.82) is 0 Å². The summed E-state index contributed by atoms with van der Waals surface area (Å²) in [6, 6.07) is 22.9. The van der Waals surface area contributed by atoms with Gasteiger partial charge in [0.1, 0.15) is 22.9 Å². The van der Waals surface area contributed by atoms with Gasteiger partial charge in [0, 0.05) is 37.2 Å². The maximum absolute atomic E-state index is 13.6. The van der Waals surface area contributed by atoms with Gasteiger partial charge in [-0.25, -0.2) is 8.42 Å². The Morgan fingerprint density at radius 2 is 1.73 bits per heavy atom. The van der Waals surface area contributed by atoms with Crippen LogP contribution in [-0.4, -0.2) is 72.8 Å². The molecule has 0 saturated heterocycles. The smallest absolute Gasteiger partial charge is 0.247 e.